The summed E-state index contributed by atoms with van der Waals surface area (Å²) in [5.74, 6) is -3.71. The predicted molar refractivity (Wildman–Crippen MR) is 345 cm³/mol. The van der Waals surface area contributed by atoms with E-state index in [0.29, 0.717) is 12.0 Å². The minimum Gasteiger partial charge on any atom is -0.456 e. The van der Waals surface area contributed by atoms with Gasteiger partial charge in [-0.25, -0.2) is 0 Å². The number of unbranched alkanes of at least 4 members (excludes halogenated alkanes) is 5. The van der Waals surface area contributed by atoms with Crippen LogP contribution < -0.4 is 0 Å². The first-order valence-corrected chi connectivity index (χ1v) is 32.9. The third-order valence-electron chi connectivity index (χ3n) is 17.0. The third-order valence-corrected chi connectivity index (χ3v) is 17.0. The van der Waals surface area contributed by atoms with Gasteiger partial charge in [0.1, 0.15) is 48.8 Å². The lowest BCUT2D eigenvalue weighted by molar-refractivity contribution is -0.383. The van der Waals surface area contributed by atoms with Crippen LogP contribution >= 0.6 is 0 Å². The molecule has 0 spiro atoms. The van der Waals surface area contributed by atoms with Crippen molar-refractivity contribution in [1.82, 2.24) is 4.90 Å². The maximum Gasteiger partial charge on any atom is 0.303 e. The molecular weight excluding hydrogens is 1220 g/mol. The average molecular weight is 1310 g/mol. The number of imide groups is 1. The zero-order valence-electron chi connectivity index (χ0n) is 54.5. The molecule has 20 heteroatoms. The molecule has 6 aromatic rings. The predicted octanol–water partition coefficient (Wildman–Crippen LogP) is 11.0. The number of amides is 2. The standard InChI is InChI=1S/C75H87NO19/c1-6-7-8-9-10-28-41-84-74-69(67(87-46-57-37-24-15-25-38-57)64(85-44-55-33-20-13-21-34-55)60(93-74)47-82-42-53-29-16-11-17-30-53)95-73-62(76-71(80)58-39-26-27-40-59(58)72(76)81)66(86-45-56-35-22-14-23-36-56)65(61(92-73)48-83-43-54-31-18-12-19-32-54)94-75-70(91-52(5)79)68(90-51(4)78)63(49(2)88-75)89-50(3)77/h11-27,29-40,49,60-70,73-75H,6-10,28,41-48H2,1-5H3/t49-,60-,61-,62-,63+,64-,65-,66-,67+,68+,69+,70-,73+,74+,75+/m1/s1. The molecule has 0 aromatic heterocycles. The van der Waals surface area contributed by atoms with Crippen molar-refractivity contribution in [1.29, 1.82) is 0 Å². The molecule has 506 valence electrons. The van der Waals surface area contributed by atoms with E-state index in [9.17, 15) is 14.4 Å². The average Bonchev–Trinajstić information content (AvgIpc) is 1.70. The second kappa shape index (κ2) is 35.4. The van der Waals surface area contributed by atoms with Crippen LogP contribution in [0.25, 0.3) is 0 Å². The highest BCUT2D eigenvalue weighted by molar-refractivity contribution is 6.21. The molecule has 0 aliphatic carbocycles. The van der Waals surface area contributed by atoms with E-state index in [4.69, 9.17) is 66.3 Å². The van der Waals surface area contributed by atoms with Crippen molar-refractivity contribution in [2.24, 2.45) is 0 Å². The van der Waals surface area contributed by atoms with Crippen molar-refractivity contribution in [3.63, 3.8) is 0 Å². The van der Waals surface area contributed by atoms with Crippen molar-refractivity contribution >= 4 is 29.7 Å². The Bertz CT molecular complexity index is 3310. The Balaban J connectivity index is 1.13. The number of nitrogens with zero attached hydrogens (tertiary/aromatic N) is 1. The molecule has 0 radical (unpaired) electrons. The highest BCUT2D eigenvalue weighted by Gasteiger charge is 2.61. The molecule has 4 heterocycles. The van der Waals surface area contributed by atoms with Crippen LogP contribution in [-0.4, -0.2) is 146 Å². The second-order valence-electron chi connectivity index (χ2n) is 24.2. The highest BCUT2D eigenvalue weighted by atomic mass is 16.8. The Morgan fingerprint density at radius 3 is 1.28 bits per heavy atom. The van der Waals surface area contributed by atoms with Gasteiger partial charge in [0.25, 0.3) is 11.8 Å². The molecule has 4 aliphatic heterocycles. The summed E-state index contributed by atoms with van der Waals surface area (Å²) in [4.78, 5) is 71.2. The second-order valence-corrected chi connectivity index (χ2v) is 24.2. The molecule has 15 atom stereocenters. The van der Waals surface area contributed by atoms with Gasteiger partial charge in [0.05, 0.1) is 63.5 Å². The molecule has 0 saturated carbocycles. The zero-order chi connectivity index (χ0) is 66.5. The molecule has 95 heavy (non-hydrogen) atoms. The summed E-state index contributed by atoms with van der Waals surface area (Å²) >= 11 is 0. The van der Waals surface area contributed by atoms with Crippen molar-refractivity contribution in [3.05, 3.63) is 215 Å². The minimum atomic E-state index is -1.67. The number of carbonyl (C=O) groups excluding carboxylic acids is 5. The van der Waals surface area contributed by atoms with Crippen LogP contribution in [0, 0.1) is 0 Å². The summed E-state index contributed by atoms with van der Waals surface area (Å²) in [5, 5.41) is 0. The molecule has 10 rings (SSSR count). The fourth-order valence-electron chi connectivity index (χ4n) is 12.4. The Labute approximate surface area is 555 Å². The fourth-order valence-corrected chi connectivity index (χ4v) is 12.4. The van der Waals surface area contributed by atoms with E-state index in [0.717, 1.165) is 73.1 Å². The minimum absolute atomic E-state index is 0.0338. The maximum atomic E-state index is 15.5. The smallest absolute Gasteiger partial charge is 0.303 e. The normalized spacial score (nSPS) is 26.6. The van der Waals surface area contributed by atoms with E-state index in [-0.39, 0.29) is 64.0 Å². The number of hydrogen-bond acceptors (Lipinski definition) is 19. The summed E-state index contributed by atoms with van der Waals surface area (Å²) in [6, 6.07) is 52.8. The lowest BCUT2D eigenvalue weighted by Crippen LogP contribution is -2.70. The molecule has 3 saturated heterocycles. The van der Waals surface area contributed by atoms with Crippen LogP contribution in [-0.2, 0) is 114 Å². The first-order valence-electron chi connectivity index (χ1n) is 32.9. The van der Waals surface area contributed by atoms with Crippen LogP contribution in [0.4, 0.5) is 0 Å². The van der Waals surface area contributed by atoms with Gasteiger partial charge in [-0.3, -0.25) is 28.9 Å². The zero-order valence-corrected chi connectivity index (χ0v) is 54.5. The van der Waals surface area contributed by atoms with Gasteiger partial charge in [0.15, 0.2) is 37.2 Å². The van der Waals surface area contributed by atoms with E-state index in [1.54, 1.807) is 31.2 Å². The Kier molecular flexibility index (Phi) is 26.2. The topological polar surface area (TPSA) is 218 Å². The highest BCUT2D eigenvalue weighted by Crippen LogP contribution is 2.41. The molecule has 0 bridgehead atoms. The molecule has 4 aliphatic rings. The van der Waals surface area contributed by atoms with E-state index >= 15 is 9.59 Å². The quantitative estimate of drug-likeness (QED) is 0.0162. The van der Waals surface area contributed by atoms with Crippen LogP contribution in [0.5, 0.6) is 0 Å². The molecular formula is C75H87NO19. The van der Waals surface area contributed by atoms with Crippen LogP contribution in [0.1, 0.15) is 122 Å². The molecule has 0 N–H and O–H groups in total. The summed E-state index contributed by atoms with van der Waals surface area (Å²) in [5.41, 5.74) is 4.40. The number of fused-ring (bicyclic) bond motifs is 1. The maximum absolute atomic E-state index is 15.5. The van der Waals surface area contributed by atoms with Gasteiger partial charge < -0.3 is 66.3 Å². The largest absolute Gasteiger partial charge is 0.456 e. The van der Waals surface area contributed by atoms with Crippen molar-refractivity contribution < 1.29 is 90.3 Å². The number of benzene rings is 6. The van der Waals surface area contributed by atoms with E-state index in [2.05, 4.69) is 6.92 Å². The van der Waals surface area contributed by atoms with E-state index < -0.39 is 122 Å². The van der Waals surface area contributed by atoms with E-state index in [1.807, 2.05) is 152 Å². The molecule has 20 nitrogen and oxygen atoms in total. The van der Waals surface area contributed by atoms with Crippen LogP contribution in [0.3, 0.4) is 0 Å². The monoisotopic (exact) mass is 1310 g/mol. The van der Waals surface area contributed by atoms with Gasteiger partial charge in [-0.15, -0.1) is 0 Å². The number of ether oxygens (including phenoxy) is 14. The van der Waals surface area contributed by atoms with Gasteiger partial charge in [-0.1, -0.05) is 203 Å². The van der Waals surface area contributed by atoms with Gasteiger partial charge in [0.2, 0.25) is 0 Å². The summed E-state index contributed by atoms with van der Waals surface area (Å²) in [6.45, 7) is 7.67. The Morgan fingerprint density at radius 2 is 0.789 bits per heavy atom. The number of esters is 3. The summed E-state index contributed by atoms with van der Waals surface area (Å²) < 4.78 is 95.2. The lowest BCUT2D eigenvalue weighted by Gasteiger charge is -2.52. The van der Waals surface area contributed by atoms with Crippen LogP contribution in [0.15, 0.2) is 176 Å². The number of carbonyl (C=O) groups is 5. The first-order chi connectivity index (χ1) is 46.3. The van der Waals surface area contributed by atoms with Gasteiger partial charge in [0, 0.05) is 27.4 Å². The SMILES string of the molecule is CCCCCCCCO[C@H]1O[C@H](COCc2ccccc2)[C@@H](OCc2ccccc2)[C@H](OCc2ccccc2)[C@@H]1O[C@@H]1O[C@H](COCc2ccccc2)[C@@H](O[C@@H]2O[C@H](C)[C@H](OC(C)=O)[C@H](OC(C)=O)[C@H]2OC(C)=O)[C@H](OCc2ccccc2)[C@H]1N1C(=O)c2ccccc2C1=O. The van der Waals surface area contributed by atoms with Crippen LogP contribution in [0.2, 0.25) is 0 Å². The first kappa shape index (κ1) is 70.2. The molecule has 0 unspecified atom stereocenters. The summed E-state index contributed by atoms with van der Waals surface area (Å²) in [7, 11) is 0. The number of rotatable bonds is 33. The fraction of sp³-hybridized carbons (Fsp3) is 0.453. The molecule has 3 fully saturated rings. The van der Waals surface area contributed by atoms with Crippen molar-refractivity contribution in [2.45, 2.75) is 198 Å². The van der Waals surface area contributed by atoms with Crippen molar-refractivity contribution in [3.8, 4) is 0 Å². The Hall–Kier alpha value is -7.57. The van der Waals surface area contributed by atoms with Crippen molar-refractivity contribution in [2.75, 3.05) is 19.8 Å². The molecule has 2 amide bonds. The van der Waals surface area contributed by atoms with E-state index in [1.165, 1.54) is 6.92 Å². The van der Waals surface area contributed by atoms with Gasteiger partial charge in [-0.2, -0.15) is 0 Å². The number of hydrogen-bond donors (Lipinski definition) is 0. The lowest BCUT2D eigenvalue weighted by atomic mass is 9.93. The van der Waals surface area contributed by atoms with Gasteiger partial charge >= 0.3 is 17.9 Å². The van der Waals surface area contributed by atoms with Gasteiger partial charge in [-0.05, 0) is 53.3 Å². The Morgan fingerprint density at radius 1 is 0.389 bits per heavy atom. The third kappa shape index (κ3) is 19.1. The summed E-state index contributed by atoms with van der Waals surface area (Å²) in [6.07, 6.45) is -12.5. The molecule has 6 aromatic carbocycles.